The summed E-state index contributed by atoms with van der Waals surface area (Å²) < 4.78 is 5.64. The Morgan fingerprint density at radius 3 is 3.00 bits per heavy atom. The number of rotatable bonds is 4. The van der Waals surface area contributed by atoms with Crippen molar-refractivity contribution in [2.24, 2.45) is 0 Å². The summed E-state index contributed by atoms with van der Waals surface area (Å²) in [5.74, 6) is 0.0758. The van der Waals surface area contributed by atoms with Crippen molar-refractivity contribution in [2.75, 3.05) is 19.7 Å². The Morgan fingerprint density at radius 1 is 1.47 bits per heavy atom. The summed E-state index contributed by atoms with van der Waals surface area (Å²) in [4.78, 5) is 25.7. The highest BCUT2D eigenvalue weighted by Crippen LogP contribution is 2.18. The van der Waals surface area contributed by atoms with Crippen molar-refractivity contribution in [1.29, 1.82) is 0 Å². The van der Waals surface area contributed by atoms with Gasteiger partial charge in [0.25, 0.3) is 0 Å². The van der Waals surface area contributed by atoms with Crippen molar-refractivity contribution in [1.82, 2.24) is 10.2 Å². The summed E-state index contributed by atoms with van der Waals surface area (Å²) in [6, 6.07) is -0.284. The number of ether oxygens (including phenoxy) is 1. The standard InChI is InChI=1S/C14H24N2O3/c1-2-12-14(18)15-8-9-16(12)13(17)7-6-11-5-3-4-10-19-11/h11-12H,2-10H2,1H3,(H,15,18). The number of nitrogens with zero attached hydrogens (tertiary/aromatic N) is 1. The van der Waals surface area contributed by atoms with Crippen LogP contribution < -0.4 is 5.32 Å². The smallest absolute Gasteiger partial charge is 0.242 e. The minimum atomic E-state index is -0.284. The van der Waals surface area contributed by atoms with E-state index < -0.39 is 0 Å². The lowest BCUT2D eigenvalue weighted by atomic mass is 10.0. The van der Waals surface area contributed by atoms with Gasteiger partial charge in [0.2, 0.25) is 11.8 Å². The normalized spacial score (nSPS) is 28.1. The molecule has 19 heavy (non-hydrogen) atoms. The quantitative estimate of drug-likeness (QED) is 0.830. The van der Waals surface area contributed by atoms with Gasteiger partial charge in [-0.05, 0) is 32.1 Å². The second-order valence-electron chi connectivity index (χ2n) is 5.33. The second kappa shape index (κ2) is 6.89. The molecule has 0 radical (unpaired) electrons. The summed E-state index contributed by atoms with van der Waals surface area (Å²) in [7, 11) is 0. The third-order valence-electron chi connectivity index (χ3n) is 3.99. The second-order valence-corrected chi connectivity index (χ2v) is 5.33. The molecule has 0 aromatic heterocycles. The molecular weight excluding hydrogens is 244 g/mol. The first-order valence-electron chi connectivity index (χ1n) is 7.41. The van der Waals surface area contributed by atoms with Crippen LogP contribution in [0.3, 0.4) is 0 Å². The molecule has 2 saturated heterocycles. The Balaban J connectivity index is 1.82. The average Bonchev–Trinajstić information content (AvgIpc) is 2.45. The van der Waals surface area contributed by atoms with Gasteiger partial charge in [0, 0.05) is 26.1 Å². The van der Waals surface area contributed by atoms with Crippen LogP contribution >= 0.6 is 0 Å². The van der Waals surface area contributed by atoms with Gasteiger partial charge >= 0.3 is 0 Å². The highest BCUT2D eigenvalue weighted by atomic mass is 16.5. The largest absolute Gasteiger partial charge is 0.378 e. The van der Waals surface area contributed by atoms with Crippen molar-refractivity contribution in [3.8, 4) is 0 Å². The van der Waals surface area contributed by atoms with Crippen LogP contribution in [-0.4, -0.2) is 48.6 Å². The third-order valence-corrected chi connectivity index (χ3v) is 3.99. The number of hydrogen-bond acceptors (Lipinski definition) is 3. The lowest BCUT2D eigenvalue weighted by Crippen LogP contribution is -2.56. The lowest BCUT2D eigenvalue weighted by molar-refractivity contribution is -0.144. The SMILES string of the molecule is CCC1C(=O)NCCN1C(=O)CCC1CCCCO1. The van der Waals surface area contributed by atoms with E-state index in [0.29, 0.717) is 25.9 Å². The molecule has 0 aromatic rings. The number of hydrogen-bond donors (Lipinski definition) is 1. The van der Waals surface area contributed by atoms with Crippen molar-refractivity contribution >= 4 is 11.8 Å². The van der Waals surface area contributed by atoms with Gasteiger partial charge in [-0.1, -0.05) is 6.92 Å². The predicted octanol–water partition coefficient (Wildman–Crippen LogP) is 1.07. The van der Waals surface area contributed by atoms with Gasteiger partial charge in [-0.15, -0.1) is 0 Å². The fourth-order valence-corrected chi connectivity index (χ4v) is 2.88. The van der Waals surface area contributed by atoms with Crippen LogP contribution in [0.15, 0.2) is 0 Å². The fourth-order valence-electron chi connectivity index (χ4n) is 2.88. The van der Waals surface area contributed by atoms with E-state index in [9.17, 15) is 9.59 Å². The van der Waals surface area contributed by atoms with Gasteiger partial charge in [-0.25, -0.2) is 0 Å². The number of nitrogens with one attached hydrogen (secondary N) is 1. The van der Waals surface area contributed by atoms with Crippen molar-refractivity contribution in [2.45, 2.75) is 57.6 Å². The lowest BCUT2D eigenvalue weighted by Gasteiger charge is -2.35. The molecule has 2 atom stereocenters. The Morgan fingerprint density at radius 2 is 2.32 bits per heavy atom. The Bertz CT molecular complexity index is 327. The Labute approximate surface area is 114 Å². The average molecular weight is 268 g/mol. The van der Waals surface area contributed by atoms with E-state index in [2.05, 4.69) is 5.32 Å². The van der Waals surface area contributed by atoms with Gasteiger partial charge < -0.3 is 15.0 Å². The van der Waals surface area contributed by atoms with Gasteiger partial charge in [0.15, 0.2) is 0 Å². The minimum absolute atomic E-state index is 0.0176. The van der Waals surface area contributed by atoms with E-state index in [4.69, 9.17) is 4.74 Å². The van der Waals surface area contributed by atoms with E-state index in [1.165, 1.54) is 6.42 Å². The van der Waals surface area contributed by atoms with Gasteiger partial charge in [-0.3, -0.25) is 9.59 Å². The van der Waals surface area contributed by atoms with Crippen LogP contribution in [0.4, 0.5) is 0 Å². The Hall–Kier alpha value is -1.10. The van der Waals surface area contributed by atoms with Crippen LogP contribution in [0.2, 0.25) is 0 Å². The monoisotopic (exact) mass is 268 g/mol. The molecule has 2 rings (SSSR count). The maximum absolute atomic E-state index is 12.2. The number of piperazine rings is 1. The van der Waals surface area contributed by atoms with E-state index in [-0.39, 0.29) is 24.0 Å². The first kappa shape index (κ1) is 14.3. The van der Waals surface area contributed by atoms with Crippen LogP contribution in [0, 0.1) is 0 Å². The summed E-state index contributed by atoms with van der Waals surface area (Å²) in [5, 5.41) is 2.82. The molecule has 2 heterocycles. The topological polar surface area (TPSA) is 58.6 Å². The fraction of sp³-hybridized carbons (Fsp3) is 0.857. The Kier molecular flexibility index (Phi) is 5.19. The van der Waals surface area contributed by atoms with Crippen LogP contribution in [0.1, 0.15) is 45.4 Å². The molecule has 0 aromatic carbocycles. The van der Waals surface area contributed by atoms with Crippen molar-refractivity contribution < 1.29 is 14.3 Å². The molecule has 1 N–H and O–H groups in total. The van der Waals surface area contributed by atoms with Crippen molar-refractivity contribution in [3.05, 3.63) is 0 Å². The summed E-state index contributed by atoms with van der Waals surface area (Å²) >= 11 is 0. The predicted molar refractivity (Wildman–Crippen MR) is 71.6 cm³/mol. The first-order valence-corrected chi connectivity index (χ1v) is 7.41. The molecule has 5 heteroatoms. The third kappa shape index (κ3) is 3.69. The van der Waals surface area contributed by atoms with E-state index in [1.54, 1.807) is 4.90 Å². The zero-order valence-corrected chi connectivity index (χ0v) is 11.7. The maximum Gasteiger partial charge on any atom is 0.242 e. The van der Waals surface area contributed by atoms with Crippen molar-refractivity contribution in [3.63, 3.8) is 0 Å². The molecule has 0 aliphatic carbocycles. The van der Waals surface area contributed by atoms with Crippen LogP contribution in [0.5, 0.6) is 0 Å². The molecule has 0 bridgehead atoms. The molecule has 2 amide bonds. The van der Waals surface area contributed by atoms with E-state index >= 15 is 0 Å². The van der Waals surface area contributed by atoms with Crippen LogP contribution in [0.25, 0.3) is 0 Å². The molecular formula is C14H24N2O3. The molecule has 2 fully saturated rings. The van der Waals surface area contributed by atoms with Gasteiger partial charge in [0.1, 0.15) is 6.04 Å². The number of amides is 2. The molecule has 108 valence electrons. The summed E-state index contributed by atoms with van der Waals surface area (Å²) in [5.41, 5.74) is 0. The molecule has 2 aliphatic heterocycles. The van der Waals surface area contributed by atoms with Gasteiger partial charge in [-0.2, -0.15) is 0 Å². The van der Waals surface area contributed by atoms with E-state index in [1.807, 2.05) is 6.92 Å². The molecule has 0 saturated carbocycles. The molecule has 5 nitrogen and oxygen atoms in total. The summed E-state index contributed by atoms with van der Waals surface area (Å²) in [6.07, 6.45) is 5.58. The minimum Gasteiger partial charge on any atom is -0.378 e. The van der Waals surface area contributed by atoms with Crippen LogP contribution in [-0.2, 0) is 14.3 Å². The zero-order valence-electron chi connectivity index (χ0n) is 11.7. The summed E-state index contributed by atoms with van der Waals surface area (Å²) in [6.45, 7) is 3.97. The molecule has 2 unspecified atom stereocenters. The van der Waals surface area contributed by atoms with Gasteiger partial charge in [0.05, 0.1) is 6.10 Å². The highest BCUT2D eigenvalue weighted by Gasteiger charge is 2.31. The number of carbonyl (C=O) groups excluding carboxylic acids is 2. The maximum atomic E-state index is 12.2. The molecule has 2 aliphatic rings. The zero-order chi connectivity index (χ0) is 13.7. The highest BCUT2D eigenvalue weighted by molar-refractivity contribution is 5.88. The van der Waals surface area contributed by atoms with E-state index in [0.717, 1.165) is 25.9 Å². The number of carbonyl (C=O) groups is 2. The first-order chi connectivity index (χ1) is 9.22. The molecule has 0 spiro atoms.